The number of aryl methyl sites for hydroxylation is 1. The zero-order valence-electron chi connectivity index (χ0n) is 11.0. The van der Waals surface area contributed by atoms with Crippen molar-refractivity contribution in [1.82, 2.24) is 0 Å². The van der Waals surface area contributed by atoms with E-state index in [2.05, 4.69) is 5.16 Å². The summed E-state index contributed by atoms with van der Waals surface area (Å²) in [6, 6.07) is 11.6. The van der Waals surface area contributed by atoms with Crippen molar-refractivity contribution >= 4 is 5.84 Å². The molecular formula is C15H15FN2O2. The largest absolute Gasteiger partial charge is 0.489 e. The number of hydrogen-bond donors (Lipinski definition) is 2. The number of hydrogen-bond acceptors (Lipinski definition) is 3. The van der Waals surface area contributed by atoms with E-state index in [0.29, 0.717) is 16.9 Å². The van der Waals surface area contributed by atoms with E-state index in [9.17, 15) is 4.39 Å². The molecule has 4 nitrogen and oxygen atoms in total. The number of benzene rings is 2. The van der Waals surface area contributed by atoms with Crippen molar-refractivity contribution in [3.8, 4) is 5.75 Å². The first kappa shape index (κ1) is 13.9. The van der Waals surface area contributed by atoms with Crippen LogP contribution in [0.5, 0.6) is 5.75 Å². The third-order valence-electron chi connectivity index (χ3n) is 2.87. The molecule has 2 aromatic rings. The van der Waals surface area contributed by atoms with Crippen molar-refractivity contribution in [1.29, 1.82) is 0 Å². The van der Waals surface area contributed by atoms with E-state index in [-0.39, 0.29) is 12.4 Å². The van der Waals surface area contributed by atoms with E-state index < -0.39 is 5.82 Å². The highest BCUT2D eigenvalue weighted by Crippen LogP contribution is 2.17. The molecule has 0 heterocycles. The third kappa shape index (κ3) is 3.26. The SMILES string of the molecule is Cc1ccc(OCc2ccc(F)cc2C(N)=NO)cc1. The van der Waals surface area contributed by atoms with Crippen molar-refractivity contribution in [2.75, 3.05) is 0 Å². The van der Waals surface area contributed by atoms with E-state index in [1.165, 1.54) is 12.1 Å². The van der Waals surface area contributed by atoms with E-state index in [1.807, 2.05) is 31.2 Å². The van der Waals surface area contributed by atoms with Gasteiger partial charge in [-0.05, 0) is 31.2 Å². The number of oxime groups is 1. The van der Waals surface area contributed by atoms with Gasteiger partial charge in [0.2, 0.25) is 0 Å². The van der Waals surface area contributed by atoms with Gasteiger partial charge in [-0.2, -0.15) is 0 Å². The lowest BCUT2D eigenvalue weighted by Crippen LogP contribution is -2.16. The van der Waals surface area contributed by atoms with Gasteiger partial charge in [-0.3, -0.25) is 0 Å². The zero-order chi connectivity index (χ0) is 14.5. The van der Waals surface area contributed by atoms with Crippen molar-refractivity contribution in [3.05, 3.63) is 65.0 Å². The maximum absolute atomic E-state index is 13.2. The fourth-order valence-corrected chi connectivity index (χ4v) is 1.76. The summed E-state index contributed by atoms with van der Waals surface area (Å²) in [5.74, 6) is 0.100. The van der Waals surface area contributed by atoms with Crippen LogP contribution in [0.3, 0.4) is 0 Å². The molecule has 0 saturated heterocycles. The molecule has 2 rings (SSSR count). The topological polar surface area (TPSA) is 67.8 Å². The van der Waals surface area contributed by atoms with Crippen LogP contribution >= 0.6 is 0 Å². The van der Waals surface area contributed by atoms with Gasteiger partial charge in [0.05, 0.1) is 0 Å². The minimum absolute atomic E-state index is 0.146. The normalized spacial score (nSPS) is 11.4. The average molecular weight is 274 g/mol. The highest BCUT2D eigenvalue weighted by Gasteiger charge is 2.09. The molecule has 0 aliphatic rings. The van der Waals surface area contributed by atoms with Gasteiger partial charge >= 0.3 is 0 Å². The lowest BCUT2D eigenvalue weighted by molar-refractivity contribution is 0.305. The first-order valence-corrected chi connectivity index (χ1v) is 6.06. The Morgan fingerprint density at radius 1 is 1.25 bits per heavy atom. The van der Waals surface area contributed by atoms with Gasteiger partial charge in [0.1, 0.15) is 18.2 Å². The zero-order valence-corrected chi connectivity index (χ0v) is 11.0. The molecule has 104 valence electrons. The molecule has 0 spiro atoms. The molecule has 0 amide bonds. The number of rotatable bonds is 4. The molecular weight excluding hydrogens is 259 g/mol. The Kier molecular flexibility index (Phi) is 4.20. The Morgan fingerprint density at radius 2 is 1.95 bits per heavy atom. The number of halogens is 1. The lowest BCUT2D eigenvalue weighted by Gasteiger charge is -2.10. The lowest BCUT2D eigenvalue weighted by atomic mass is 10.1. The van der Waals surface area contributed by atoms with Gasteiger partial charge in [0.25, 0.3) is 0 Å². The fourth-order valence-electron chi connectivity index (χ4n) is 1.76. The van der Waals surface area contributed by atoms with Crippen LogP contribution in [0.1, 0.15) is 16.7 Å². The summed E-state index contributed by atoms with van der Waals surface area (Å²) in [4.78, 5) is 0. The standard InChI is InChI=1S/C15H15FN2O2/c1-10-2-6-13(7-3-10)20-9-11-4-5-12(16)8-14(11)15(17)18-19/h2-8,19H,9H2,1H3,(H2,17,18). The highest BCUT2D eigenvalue weighted by molar-refractivity contribution is 5.98. The Morgan fingerprint density at radius 3 is 2.60 bits per heavy atom. The monoisotopic (exact) mass is 274 g/mol. The molecule has 0 unspecified atom stereocenters. The molecule has 0 aromatic heterocycles. The Labute approximate surface area is 116 Å². The van der Waals surface area contributed by atoms with Crippen molar-refractivity contribution < 1.29 is 14.3 Å². The Hall–Kier alpha value is -2.56. The summed E-state index contributed by atoms with van der Waals surface area (Å²) in [6.45, 7) is 2.19. The van der Waals surface area contributed by atoms with Crippen molar-refractivity contribution in [2.24, 2.45) is 10.9 Å². The van der Waals surface area contributed by atoms with Crippen LogP contribution in [0, 0.1) is 12.7 Å². The molecule has 3 N–H and O–H groups in total. The first-order valence-electron chi connectivity index (χ1n) is 6.06. The second kappa shape index (κ2) is 6.06. The molecule has 2 aromatic carbocycles. The summed E-state index contributed by atoms with van der Waals surface area (Å²) in [5.41, 5.74) is 7.63. The Bertz CT molecular complexity index is 624. The average Bonchev–Trinajstić information content (AvgIpc) is 2.46. The van der Waals surface area contributed by atoms with E-state index in [1.54, 1.807) is 6.07 Å². The van der Waals surface area contributed by atoms with Crippen LogP contribution in [0.2, 0.25) is 0 Å². The minimum atomic E-state index is -0.453. The molecule has 0 bridgehead atoms. The van der Waals surface area contributed by atoms with Gasteiger partial charge in [0.15, 0.2) is 5.84 Å². The molecule has 0 aliphatic heterocycles. The summed E-state index contributed by atoms with van der Waals surface area (Å²) < 4.78 is 18.8. The van der Waals surface area contributed by atoms with Gasteiger partial charge in [-0.15, -0.1) is 0 Å². The minimum Gasteiger partial charge on any atom is -0.489 e. The predicted octanol–water partition coefficient (Wildman–Crippen LogP) is 2.81. The van der Waals surface area contributed by atoms with Crippen LogP contribution in [0.25, 0.3) is 0 Å². The van der Waals surface area contributed by atoms with Gasteiger partial charge < -0.3 is 15.7 Å². The summed E-state index contributed by atoms with van der Waals surface area (Å²) >= 11 is 0. The third-order valence-corrected chi connectivity index (χ3v) is 2.87. The van der Waals surface area contributed by atoms with Gasteiger partial charge in [-0.1, -0.05) is 28.9 Å². The van der Waals surface area contributed by atoms with Crippen LogP contribution in [-0.2, 0) is 6.61 Å². The van der Waals surface area contributed by atoms with Gasteiger partial charge in [0, 0.05) is 11.1 Å². The Balaban J connectivity index is 2.19. The number of ether oxygens (including phenoxy) is 1. The van der Waals surface area contributed by atoms with E-state index in [0.717, 1.165) is 5.56 Å². The number of nitrogens with two attached hydrogens (primary N) is 1. The van der Waals surface area contributed by atoms with Gasteiger partial charge in [-0.25, -0.2) is 4.39 Å². The number of amidine groups is 1. The molecule has 0 fully saturated rings. The molecule has 0 radical (unpaired) electrons. The molecule has 0 atom stereocenters. The summed E-state index contributed by atoms with van der Waals surface area (Å²) in [6.07, 6.45) is 0. The van der Waals surface area contributed by atoms with Crippen LogP contribution in [0.15, 0.2) is 47.6 Å². The smallest absolute Gasteiger partial charge is 0.170 e. The second-order valence-electron chi connectivity index (χ2n) is 4.39. The molecule has 5 heteroatoms. The summed E-state index contributed by atoms with van der Waals surface area (Å²) in [5, 5.41) is 11.6. The molecule has 0 saturated carbocycles. The summed E-state index contributed by atoms with van der Waals surface area (Å²) in [7, 11) is 0. The quantitative estimate of drug-likeness (QED) is 0.390. The molecule has 0 aliphatic carbocycles. The highest BCUT2D eigenvalue weighted by atomic mass is 19.1. The van der Waals surface area contributed by atoms with Crippen LogP contribution in [0.4, 0.5) is 4.39 Å². The van der Waals surface area contributed by atoms with Crippen LogP contribution < -0.4 is 10.5 Å². The van der Waals surface area contributed by atoms with Crippen LogP contribution in [-0.4, -0.2) is 11.0 Å². The predicted molar refractivity (Wildman–Crippen MR) is 74.4 cm³/mol. The van der Waals surface area contributed by atoms with Crippen molar-refractivity contribution in [2.45, 2.75) is 13.5 Å². The first-order chi connectivity index (χ1) is 9.60. The van der Waals surface area contributed by atoms with E-state index >= 15 is 0 Å². The van der Waals surface area contributed by atoms with Crippen molar-refractivity contribution in [3.63, 3.8) is 0 Å². The van der Waals surface area contributed by atoms with E-state index in [4.69, 9.17) is 15.7 Å². The second-order valence-corrected chi connectivity index (χ2v) is 4.39. The molecule has 20 heavy (non-hydrogen) atoms. The fraction of sp³-hybridized carbons (Fsp3) is 0.133. The number of nitrogens with zero attached hydrogens (tertiary/aromatic N) is 1. The maximum atomic E-state index is 13.2. The maximum Gasteiger partial charge on any atom is 0.170 e.